The number of nitrogens with two attached hydrogens (primary N) is 1. The third-order valence-electron chi connectivity index (χ3n) is 4.94. The fraction of sp³-hybridized carbons (Fsp3) is 0.375. The van der Waals surface area contributed by atoms with Crippen molar-refractivity contribution in [2.24, 2.45) is 110 Å². The first kappa shape index (κ1) is 31.0. The van der Waals surface area contributed by atoms with Crippen molar-refractivity contribution in [1.29, 1.82) is 0 Å². The molecule has 0 aliphatic heterocycles. The van der Waals surface area contributed by atoms with Gasteiger partial charge in [0.15, 0.2) is 0 Å². The average Bonchev–Trinajstić information content (AvgIpc) is 3.38. The molecule has 0 saturated heterocycles. The molecule has 0 saturated carbocycles. The molecular formula is C16H17N23O4. The van der Waals surface area contributed by atoms with Crippen LogP contribution < -0.4 is 28.0 Å². The number of hydrogen-bond donors (Lipinski definition) is 1. The normalized spacial score (nSPS) is 13.7. The molecule has 0 bridgehead atoms. The van der Waals surface area contributed by atoms with Gasteiger partial charge < -0.3 is 5.73 Å². The Hall–Kier alpha value is -6.54. The summed E-state index contributed by atoms with van der Waals surface area (Å²) >= 11 is 0. The van der Waals surface area contributed by atoms with E-state index in [2.05, 4.69) is 104 Å². The molecule has 0 atom stereocenters. The molecule has 3 aromatic rings. The van der Waals surface area contributed by atoms with Crippen LogP contribution >= 0.6 is 0 Å². The SMILES string of the molecule is CN=NN=NN=NN=NN=NN=NN=NN=NN=NN=Nn1c(=O)c2cc3c(=O)n(CCCCCN)c(=O)c3cc2c1=O. The van der Waals surface area contributed by atoms with Crippen molar-refractivity contribution >= 4 is 21.5 Å². The van der Waals surface area contributed by atoms with Crippen molar-refractivity contribution in [2.45, 2.75) is 25.8 Å². The predicted octanol–water partition coefficient (Wildman–Crippen LogP) is 3.19. The summed E-state index contributed by atoms with van der Waals surface area (Å²) in [6.45, 7) is 0.705. The van der Waals surface area contributed by atoms with Crippen molar-refractivity contribution in [2.75, 3.05) is 13.6 Å². The highest BCUT2D eigenvalue weighted by atomic mass is 16.2. The van der Waals surface area contributed by atoms with Crippen LogP contribution in [0.25, 0.3) is 21.5 Å². The zero-order valence-corrected chi connectivity index (χ0v) is 21.7. The van der Waals surface area contributed by atoms with Crippen molar-refractivity contribution in [3.63, 3.8) is 0 Å². The number of fused-ring (bicyclic) bond motifs is 2. The number of benzene rings is 1. The van der Waals surface area contributed by atoms with Crippen molar-refractivity contribution in [3.8, 4) is 0 Å². The Morgan fingerprint density at radius 2 is 0.884 bits per heavy atom. The molecule has 0 unspecified atom stereocenters. The molecule has 0 amide bonds. The van der Waals surface area contributed by atoms with Crippen molar-refractivity contribution < 1.29 is 0 Å². The number of aromatic nitrogens is 2. The highest BCUT2D eigenvalue weighted by Gasteiger charge is 2.19. The summed E-state index contributed by atoms with van der Waals surface area (Å²) in [5, 5.41) is 61.5. The fourth-order valence-electron chi connectivity index (χ4n) is 3.27. The Kier molecular flexibility index (Phi) is 11.9. The highest BCUT2D eigenvalue weighted by molar-refractivity contribution is 5.97. The summed E-state index contributed by atoms with van der Waals surface area (Å²) in [5.41, 5.74) is 2.59. The first-order valence-electron chi connectivity index (χ1n) is 11.5. The van der Waals surface area contributed by atoms with E-state index in [-0.39, 0.29) is 28.1 Å². The number of unbranched alkanes of at least 4 members (excludes halogenated alkanes) is 2. The van der Waals surface area contributed by atoms with Gasteiger partial charge in [0.25, 0.3) is 22.2 Å². The van der Waals surface area contributed by atoms with E-state index in [0.717, 1.165) is 17.4 Å². The molecule has 27 nitrogen and oxygen atoms in total. The molecule has 3 rings (SSSR count). The third-order valence-corrected chi connectivity index (χ3v) is 4.94. The molecule has 0 spiro atoms. The average molecular weight is 595 g/mol. The van der Waals surface area contributed by atoms with Gasteiger partial charge in [-0.25, -0.2) is 0 Å². The first-order valence-corrected chi connectivity index (χ1v) is 11.5. The van der Waals surface area contributed by atoms with Gasteiger partial charge in [0.2, 0.25) is 0 Å². The van der Waals surface area contributed by atoms with E-state index in [9.17, 15) is 19.2 Å². The molecule has 0 aliphatic carbocycles. The van der Waals surface area contributed by atoms with E-state index in [1.807, 2.05) is 0 Å². The topological polar surface area (TPSA) is 351 Å². The summed E-state index contributed by atoms with van der Waals surface area (Å²) in [7, 11) is 1.38. The molecule has 0 aliphatic rings. The maximum Gasteiger partial charge on any atom is 0.283 e. The van der Waals surface area contributed by atoms with Crippen LogP contribution in [0.15, 0.2) is 136 Å². The van der Waals surface area contributed by atoms with Crippen molar-refractivity contribution in [1.82, 2.24) is 9.24 Å². The second-order valence-electron chi connectivity index (χ2n) is 7.38. The predicted molar refractivity (Wildman–Crippen MR) is 138 cm³/mol. The van der Waals surface area contributed by atoms with E-state index >= 15 is 0 Å². The zero-order chi connectivity index (χ0) is 30.9. The van der Waals surface area contributed by atoms with Crippen LogP contribution in [-0.2, 0) is 6.54 Å². The van der Waals surface area contributed by atoms with Crippen LogP contribution in [0.4, 0.5) is 0 Å². The summed E-state index contributed by atoms with van der Waals surface area (Å²) < 4.78 is 1.47. The standard InChI is InChI=1S/C16H17N23O4/c1-18-19-20-21-22-23-24-25-26-27-28-29-30-31-32-33-34-35-36-37-39-15(42)11-7-9-10(8-12(11)16(39)43)14(41)38(13(9)40)6-4-2-3-5-17/h7-8H,2-6,17H2,1H3. The summed E-state index contributed by atoms with van der Waals surface area (Å²) in [6.07, 6.45) is 2.09. The van der Waals surface area contributed by atoms with Crippen LogP contribution in [0.3, 0.4) is 0 Å². The van der Waals surface area contributed by atoms with Crippen molar-refractivity contribution in [3.05, 3.63) is 53.5 Å². The molecule has 220 valence electrons. The Morgan fingerprint density at radius 1 is 0.512 bits per heavy atom. The van der Waals surface area contributed by atoms with E-state index in [0.29, 0.717) is 17.6 Å². The molecule has 0 radical (unpaired) electrons. The lowest BCUT2D eigenvalue weighted by atomic mass is 10.1. The second-order valence-corrected chi connectivity index (χ2v) is 7.38. The second kappa shape index (κ2) is 16.5. The summed E-state index contributed by atoms with van der Waals surface area (Å²) in [6, 6.07) is 2.38. The Morgan fingerprint density at radius 3 is 1.28 bits per heavy atom. The lowest BCUT2D eigenvalue weighted by Crippen LogP contribution is -2.25. The molecule has 0 fully saturated rings. The van der Waals surface area contributed by atoms with Gasteiger partial charge in [-0.2, -0.15) is 5.11 Å². The lowest BCUT2D eigenvalue weighted by Gasteiger charge is -1.99. The van der Waals surface area contributed by atoms with Gasteiger partial charge in [-0.05, 0) is 115 Å². The smallest absolute Gasteiger partial charge is 0.283 e. The van der Waals surface area contributed by atoms with E-state index in [1.54, 1.807) is 0 Å². The van der Waals surface area contributed by atoms with Crippen LogP contribution in [0.5, 0.6) is 0 Å². The minimum Gasteiger partial charge on any atom is -0.330 e. The molecule has 2 heterocycles. The molecule has 1 aromatic carbocycles. The maximum absolute atomic E-state index is 12.7. The van der Waals surface area contributed by atoms with Gasteiger partial charge in [0.05, 0.1) is 28.6 Å². The minimum atomic E-state index is -0.881. The first-order chi connectivity index (χ1) is 21.0. The Labute approximate surface area is 234 Å². The van der Waals surface area contributed by atoms with E-state index < -0.39 is 22.2 Å². The summed E-state index contributed by atoms with van der Waals surface area (Å²) in [5.74, 6) is 0. The number of rotatable bonds is 15. The van der Waals surface area contributed by atoms with Gasteiger partial charge in [-0.3, -0.25) is 23.7 Å². The van der Waals surface area contributed by atoms with Crippen LogP contribution in [-0.4, -0.2) is 22.8 Å². The Bertz CT molecular complexity index is 1830. The molecule has 2 N–H and O–H groups in total. The molecule has 2 aromatic heterocycles. The van der Waals surface area contributed by atoms with Crippen LogP contribution in [0, 0.1) is 0 Å². The molecule has 27 heteroatoms. The van der Waals surface area contributed by atoms with E-state index in [1.165, 1.54) is 19.2 Å². The number of nitrogens with zero attached hydrogens (tertiary/aromatic N) is 22. The molecule has 43 heavy (non-hydrogen) atoms. The monoisotopic (exact) mass is 595 g/mol. The van der Waals surface area contributed by atoms with Gasteiger partial charge in [0.1, 0.15) is 0 Å². The third kappa shape index (κ3) is 8.47. The molecular weight excluding hydrogens is 578 g/mol. The van der Waals surface area contributed by atoms with Gasteiger partial charge in [0, 0.05) is 22.2 Å². The van der Waals surface area contributed by atoms with E-state index in [4.69, 9.17) is 5.73 Å². The quantitative estimate of drug-likeness (QED) is 0.156. The van der Waals surface area contributed by atoms with Gasteiger partial charge >= 0.3 is 0 Å². The number of hydrogen-bond acceptors (Lipinski definition) is 7. The summed E-state index contributed by atoms with van der Waals surface area (Å²) in [4.78, 5) is 50.8. The largest absolute Gasteiger partial charge is 0.330 e. The Balaban J connectivity index is 1.58. The zero-order valence-electron chi connectivity index (χ0n) is 21.7. The van der Waals surface area contributed by atoms with Gasteiger partial charge in [-0.1, -0.05) is 6.42 Å². The van der Waals surface area contributed by atoms with Crippen LogP contribution in [0.1, 0.15) is 19.3 Å². The highest BCUT2D eigenvalue weighted by Crippen LogP contribution is 2.14. The van der Waals surface area contributed by atoms with Crippen LogP contribution in [0.2, 0.25) is 0 Å². The van der Waals surface area contributed by atoms with Gasteiger partial charge in [-0.15, -0.1) is 4.68 Å². The maximum atomic E-state index is 12.7. The lowest BCUT2D eigenvalue weighted by molar-refractivity contribution is 0.575. The fourth-order valence-corrected chi connectivity index (χ4v) is 3.27. The minimum absolute atomic E-state index is 0.0175.